The molecule has 0 aliphatic carbocycles. The standard InChI is InChI=1S/C20H23ClN4O2/c1-2-13-27-22-14-16-3-5-18(6-4-16)26-15-17-9-11-25(12-10-17)20-8-7-19(21)23-24-20/h2-8,14,17H,1,9-13,15H2. The van der Waals surface area contributed by atoms with Crippen LogP contribution < -0.4 is 9.64 Å². The van der Waals surface area contributed by atoms with E-state index >= 15 is 0 Å². The third kappa shape index (κ3) is 5.96. The van der Waals surface area contributed by atoms with Crippen molar-refractivity contribution >= 4 is 23.6 Å². The van der Waals surface area contributed by atoms with E-state index in [0.29, 0.717) is 17.7 Å². The highest BCUT2D eigenvalue weighted by Gasteiger charge is 2.21. The fourth-order valence-electron chi connectivity index (χ4n) is 2.86. The molecule has 2 aromatic rings. The van der Waals surface area contributed by atoms with Crippen LogP contribution in [0.5, 0.6) is 5.75 Å². The molecule has 27 heavy (non-hydrogen) atoms. The summed E-state index contributed by atoms with van der Waals surface area (Å²) >= 11 is 5.80. The number of aromatic nitrogens is 2. The predicted molar refractivity (Wildman–Crippen MR) is 108 cm³/mol. The Morgan fingerprint density at radius 1 is 1.15 bits per heavy atom. The lowest BCUT2D eigenvalue weighted by Crippen LogP contribution is -2.36. The predicted octanol–water partition coefficient (Wildman–Crippen LogP) is 3.96. The van der Waals surface area contributed by atoms with Gasteiger partial charge < -0.3 is 14.5 Å². The van der Waals surface area contributed by atoms with Crippen LogP contribution in [0.25, 0.3) is 0 Å². The normalized spacial score (nSPS) is 15.1. The zero-order valence-corrected chi connectivity index (χ0v) is 15.9. The van der Waals surface area contributed by atoms with E-state index in [1.807, 2.05) is 30.3 Å². The maximum absolute atomic E-state index is 5.95. The molecule has 142 valence electrons. The molecule has 6 nitrogen and oxygen atoms in total. The summed E-state index contributed by atoms with van der Waals surface area (Å²) in [4.78, 5) is 7.23. The highest BCUT2D eigenvalue weighted by Crippen LogP contribution is 2.23. The van der Waals surface area contributed by atoms with E-state index < -0.39 is 0 Å². The summed E-state index contributed by atoms with van der Waals surface area (Å²) in [5.74, 6) is 2.29. The van der Waals surface area contributed by atoms with Crippen molar-refractivity contribution in [2.24, 2.45) is 11.1 Å². The van der Waals surface area contributed by atoms with Gasteiger partial charge in [0.2, 0.25) is 0 Å². The molecule has 1 aliphatic heterocycles. The van der Waals surface area contributed by atoms with E-state index in [1.165, 1.54) is 0 Å². The third-order valence-corrected chi connectivity index (χ3v) is 4.59. The number of nitrogens with zero attached hydrogens (tertiary/aromatic N) is 4. The van der Waals surface area contributed by atoms with Crippen LogP contribution in [0, 0.1) is 5.92 Å². The highest BCUT2D eigenvalue weighted by atomic mass is 35.5. The maximum atomic E-state index is 5.95. The Labute approximate surface area is 164 Å². The zero-order valence-electron chi connectivity index (χ0n) is 15.1. The second kappa shape index (κ2) is 9.92. The summed E-state index contributed by atoms with van der Waals surface area (Å²) in [6.45, 7) is 6.59. The molecule has 2 heterocycles. The molecule has 1 aromatic heterocycles. The Balaban J connectivity index is 1.41. The second-order valence-electron chi connectivity index (χ2n) is 6.34. The molecule has 0 N–H and O–H groups in total. The van der Waals surface area contributed by atoms with Crippen LogP contribution in [-0.4, -0.2) is 42.7 Å². The zero-order chi connectivity index (χ0) is 18.9. The average molecular weight is 387 g/mol. The molecule has 0 bridgehead atoms. The summed E-state index contributed by atoms with van der Waals surface area (Å²) < 4.78 is 5.95. The minimum Gasteiger partial charge on any atom is -0.493 e. The minimum atomic E-state index is 0.404. The molecular formula is C20H23ClN4O2. The monoisotopic (exact) mass is 386 g/mol. The lowest BCUT2D eigenvalue weighted by molar-refractivity contribution is 0.176. The summed E-state index contributed by atoms with van der Waals surface area (Å²) in [6.07, 6.45) is 5.45. The molecule has 0 radical (unpaired) electrons. The van der Waals surface area contributed by atoms with Crippen molar-refractivity contribution in [2.45, 2.75) is 12.8 Å². The first-order chi connectivity index (χ1) is 13.2. The number of oxime groups is 1. The van der Waals surface area contributed by atoms with Crippen molar-refractivity contribution in [3.05, 3.63) is 59.8 Å². The molecule has 0 saturated carbocycles. The number of halogens is 1. The van der Waals surface area contributed by atoms with Crippen molar-refractivity contribution in [1.82, 2.24) is 10.2 Å². The van der Waals surface area contributed by atoms with Gasteiger partial charge in [-0.3, -0.25) is 0 Å². The molecule has 1 saturated heterocycles. The van der Waals surface area contributed by atoms with E-state index in [4.69, 9.17) is 21.2 Å². The largest absolute Gasteiger partial charge is 0.493 e. The van der Waals surface area contributed by atoms with Crippen LogP contribution in [0.3, 0.4) is 0 Å². The molecule has 0 spiro atoms. The number of hydrogen-bond acceptors (Lipinski definition) is 6. The number of piperidine rings is 1. The first-order valence-electron chi connectivity index (χ1n) is 8.98. The number of benzene rings is 1. The van der Waals surface area contributed by atoms with Gasteiger partial charge in [0.05, 0.1) is 12.8 Å². The summed E-state index contributed by atoms with van der Waals surface area (Å²) in [5, 5.41) is 12.3. The van der Waals surface area contributed by atoms with E-state index in [9.17, 15) is 0 Å². The van der Waals surface area contributed by atoms with Crippen LogP contribution >= 0.6 is 11.6 Å². The van der Waals surface area contributed by atoms with Crippen LogP contribution in [0.15, 0.2) is 54.2 Å². The fourth-order valence-corrected chi connectivity index (χ4v) is 2.97. The Morgan fingerprint density at radius 2 is 1.93 bits per heavy atom. The van der Waals surface area contributed by atoms with E-state index in [2.05, 4.69) is 26.8 Å². The lowest BCUT2D eigenvalue weighted by atomic mass is 9.98. The topological polar surface area (TPSA) is 59.8 Å². The summed E-state index contributed by atoms with van der Waals surface area (Å²) in [5.41, 5.74) is 0.962. The fraction of sp³-hybridized carbons (Fsp3) is 0.350. The van der Waals surface area contributed by atoms with Gasteiger partial charge in [0.1, 0.15) is 12.4 Å². The average Bonchev–Trinajstić information content (AvgIpc) is 2.72. The smallest absolute Gasteiger partial charge is 0.151 e. The Hall–Kier alpha value is -2.60. The summed E-state index contributed by atoms with van der Waals surface area (Å²) in [6, 6.07) is 11.5. The van der Waals surface area contributed by atoms with Crippen molar-refractivity contribution in [3.63, 3.8) is 0 Å². The number of rotatable bonds is 8. The number of ether oxygens (including phenoxy) is 1. The summed E-state index contributed by atoms with van der Waals surface area (Å²) in [7, 11) is 0. The first kappa shape index (κ1) is 19.2. The van der Waals surface area contributed by atoms with Gasteiger partial charge in [-0.25, -0.2) is 0 Å². The molecule has 0 atom stereocenters. The van der Waals surface area contributed by atoms with Crippen molar-refractivity contribution in [1.29, 1.82) is 0 Å². The van der Waals surface area contributed by atoms with Gasteiger partial charge in [0.25, 0.3) is 0 Å². The van der Waals surface area contributed by atoms with E-state index in [0.717, 1.165) is 49.7 Å². The Morgan fingerprint density at radius 3 is 2.59 bits per heavy atom. The molecule has 0 amide bonds. The molecule has 3 rings (SSSR count). The molecule has 1 aliphatic rings. The minimum absolute atomic E-state index is 0.404. The molecule has 7 heteroatoms. The quantitative estimate of drug-likeness (QED) is 0.297. The van der Waals surface area contributed by atoms with Crippen LogP contribution in [0.4, 0.5) is 5.82 Å². The van der Waals surface area contributed by atoms with Crippen LogP contribution in [0.1, 0.15) is 18.4 Å². The Kier molecular flexibility index (Phi) is 7.04. The van der Waals surface area contributed by atoms with Gasteiger partial charge in [-0.05, 0) is 60.7 Å². The lowest BCUT2D eigenvalue weighted by Gasteiger charge is -2.32. The van der Waals surface area contributed by atoms with Crippen molar-refractivity contribution in [3.8, 4) is 5.75 Å². The molecule has 1 fully saturated rings. The van der Waals surface area contributed by atoms with Gasteiger partial charge in [0, 0.05) is 13.1 Å². The van der Waals surface area contributed by atoms with Crippen molar-refractivity contribution < 1.29 is 9.57 Å². The van der Waals surface area contributed by atoms with E-state index in [-0.39, 0.29) is 0 Å². The van der Waals surface area contributed by atoms with Gasteiger partial charge in [-0.2, -0.15) is 0 Å². The molecular weight excluding hydrogens is 364 g/mol. The maximum Gasteiger partial charge on any atom is 0.151 e. The number of anilines is 1. The number of hydrogen-bond donors (Lipinski definition) is 0. The van der Waals surface area contributed by atoms with Gasteiger partial charge >= 0.3 is 0 Å². The Bertz CT molecular complexity index is 742. The van der Waals surface area contributed by atoms with E-state index in [1.54, 1.807) is 18.4 Å². The van der Waals surface area contributed by atoms with Crippen LogP contribution in [-0.2, 0) is 4.84 Å². The van der Waals surface area contributed by atoms with Crippen molar-refractivity contribution in [2.75, 3.05) is 31.2 Å². The highest BCUT2D eigenvalue weighted by molar-refractivity contribution is 6.29. The molecule has 1 aromatic carbocycles. The van der Waals surface area contributed by atoms with Gasteiger partial charge in [-0.1, -0.05) is 29.4 Å². The molecule has 0 unspecified atom stereocenters. The van der Waals surface area contributed by atoms with Gasteiger partial charge in [-0.15, -0.1) is 10.2 Å². The van der Waals surface area contributed by atoms with Crippen LogP contribution in [0.2, 0.25) is 5.15 Å². The third-order valence-electron chi connectivity index (χ3n) is 4.39. The second-order valence-corrected chi connectivity index (χ2v) is 6.73. The SMILES string of the molecule is C=CCON=Cc1ccc(OCC2CCN(c3ccc(Cl)nn3)CC2)cc1. The first-order valence-corrected chi connectivity index (χ1v) is 9.35. The van der Waals surface area contributed by atoms with Gasteiger partial charge in [0.15, 0.2) is 11.0 Å².